The van der Waals surface area contributed by atoms with E-state index < -0.39 is 0 Å². The second-order valence-electron chi connectivity index (χ2n) is 4.82. The van der Waals surface area contributed by atoms with Crippen LogP contribution in [0, 0.1) is 5.82 Å². The Morgan fingerprint density at radius 3 is 2.88 bits per heavy atom. The molecule has 1 aromatic rings. The Kier molecular flexibility index (Phi) is 4.13. The lowest BCUT2D eigenvalue weighted by Crippen LogP contribution is -2.45. The van der Waals surface area contributed by atoms with Crippen LogP contribution in [0.15, 0.2) is 24.3 Å². The zero-order chi connectivity index (χ0) is 12.3. The average Bonchev–Trinajstić information content (AvgIpc) is 2.38. The standard InChI is InChI=1S/C14H21FN2/c1-11(13-7-2-3-8-14(13)15)17-9-5-4-6-12(17)10-16/h2-3,7-8,11-12H,4-6,9-10,16H2,1H3. The quantitative estimate of drug-likeness (QED) is 0.874. The zero-order valence-corrected chi connectivity index (χ0v) is 10.4. The lowest BCUT2D eigenvalue weighted by molar-refractivity contribution is 0.106. The van der Waals surface area contributed by atoms with Gasteiger partial charge in [-0.25, -0.2) is 4.39 Å². The van der Waals surface area contributed by atoms with Gasteiger partial charge in [0.1, 0.15) is 5.82 Å². The van der Waals surface area contributed by atoms with E-state index in [4.69, 9.17) is 5.73 Å². The second kappa shape index (κ2) is 5.61. The minimum atomic E-state index is -0.110. The highest BCUT2D eigenvalue weighted by atomic mass is 19.1. The molecule has 1 aliphatic rings. The van der Waals surface area contributed by atoms with Crippen molar-refractivity contribution in [2.45, 2.75) is 38.3 Å². The lowest BCUT2D eigenvalue weighted by Gasteiger charge is -2.39. The molecule has 17 heavy (non-hydrogen) atoms. The highest BCUT2D eigenvalue weighted by molar-refractivity contribution is 5.21. The molecule has 1 heterocycles. The Bertz CT molecular complexity index is 367. The van der Waals surface area contributed by atoms with Crippen LogP contribution in [0.5, 0.6) is 0 Å². The number of hydrogen-bond acceptors (Lipinski definition) is 2. The van der Waals surface area contributed by atoms with Crippen molar-refractivity contribution in [3.8, 4) is 0 Å². The summed E-state index contributed by atoms with van der Waals surface area (Å²) in [5, 5.41) is 0. The first-order valence-electron chi connectivity index (χ1n) is 6.44. The Morgan fingerprint density at radius 2 is 2.18 bits per heavy atom. The Morgan fingerprint density at radius 1 is 1.41 bits per heavy atom. The van der Waals surface area contributed by atoms with Crippen LogP contribution >= 0.6 is 0 Å². The van der Waals surface area contributed by atoms with E-state index in [1.807, 2.05) is 12.1 Å². The maximum absolute atomic E-state index is 13.8. The molecule has 0 spiro atoms. The van der Waals surface area contributed by atoms with Crippen LogP contribution in [0.4, 0.5) is 4.39 Å². The third-order valence-electron chi connectivity index (χ3n) is 3.80. The highest BCUT2D eigenvalue weighted by Gasteiger charge is 2.27. The van der Waals surface area contributed by atoms with Crippen LogP contribution < -0.4 is 5.73 Å². The molecule has 0 bridgehead atoms. The van der Waals surface area contributed by atoms with Crippen molar-refractivity contribution in [1.82, 2.24) is 4.90 Å². The molecule has 2 unspecified atom stereocenters. The molecule has 0 radical (unpaired) electrons. The number of nitrogens with zero attached hydrogens (tertiary/aromatic N) is 1. The van der Waals surface area contributed by atoms with Gasteiger partial charge in [-0.15, -0.1) is 0 Å². The largest absolute Gasteiger partial charge is 0.329 e. The molecule has 1 saturated heterocycles. The minimum Gasteiger partial charge on any atom is -0.329 e. The van der Waals surface area contributed by atoms with E-state index in [1.165, 1.54) is 18.9 Å². The molecule has 0 aliphatic carbocycles. The first-order chi connectivity index (χ1) is 8.24. The topological polar surface area (TPSA) is 29.3 Å². The predicted molar refractivity (Wildman–Crippen MR) is 68.2 cm³/mol. The van der Waals surface area contributed by atoms with Gasteiger partial charge in [0.2, 0.25) is 0 Å². The highest BCUT2D eigenvalue weighted by Crippen LogP contribution is 2.29. The van der Waals surface area contributed by atoms with Crippen LogP contribution in [0.1, 0.15) is 37.8 Å². The van der Waals surface area contributed by atoms with Crippen molar-refractivity contribution in [1.29, 1.82) is 0 Å². The van der Waals surface area contributed by atoms with Crippen LogP contribution in [0.3, 0.4) is 0 Å². The fourth-order valence-electron chi connectivity index (χ4n) is 2.78. The summed E-state index contributed by atoms with van der Waals surface area (Å²) in [5.74, 6) is -0.110. The van der Waals surface area contributed by atoms with Gasteiger partial charge in [0.25, 0.3) is 0 Å². The molecule has 2 nitrogen and oxygen atoms in total. The van der Waals surface area contributed by atoms with E-state index in [0.717, 1.165) is 18.5 Å². The molecule has 0 aromatic heterocycles. The normalized spacial score (nSPS) is 23.6. The summed E-state index contributed by atoms with van der Waals surface area (Å²) in [4.78, 5) is 2.35. The van der Waals surface area contributed by atoms with E-state index in [1.54, 1.807) is 6.07 Å². The van der Waals surface area contributed by atoms with Crippen molar-refractivity contribution in [2.75, 3.05) is 13.1 Å². The second-order valence-corrected chi connectivity index (χ2v) is 4.82. The molecule has 1 fully saturated rings. The Hall–Kier alpha value is -0.930. The summed E-state index contributed by atoms with van der Waals surface area (Å²) in [6, 6.07) is 7.57. The molecule has 0 amide bonds. The predicted octanol–water partition coefficient (Wildman–Crippen LogP) is 2.70. The average molecular weight is 236 g/mol. The van der Waals surface area contributed by atoms with Gasteiger partial charge in [-0.2, -0.15) is 0 Å². The van der Waals surface area contributed by atoms with Crippen molar-refractivity contribution >= 4 is 0 Å². The van der Waals surface area contributed by atoms with Gasteiger partial charge >= 0.3 is 0 Å². The summed E-state index contributed by atoms with van der Waals surface area (Å²) in [5.41, 5.74) is 6.60. The fraction of sp³-hybridized carbons (Fsp3) is 0.571. The molecule has 2 rings (SSSR count). The molecule has 1 aliphatic heterocycles. The van der Waals surface area contributed by atoms with Crippen LogP contribution in [0.25, 0.3) is 0 Å². The lowest BCUT2D eigenvalue weighted by atomic mass is 9.97. The number of hydrogen-bond donors (Lipinski definition) is 1. The Balaban J connectivity index is 2.18. The Labute approximate surface area is 103 Å². The summed E-state index contributed by atoms with van der Waals surface area (Å²) in [6.07, 6.45) is 3.56. The third kappa shape index (κ3) is 2.67. The van der Waals surface area contributed by atoms with Gasteiger partial charge in [0, 0.05) is 24.2 Å². The van der Waals surface area contributed by atoms with E-state index in [0.29, 0.717) is 12.6 Å². The molecule has 1 aromatic carbocycles. The van der Waals surface area contributed by atoms with Gasteiger partial charge < -0.3 is 5.73 Å². The zero-order valence-electron chi connectivity index (χ0n) is 10.4. The van der Waals surface area contributed by atoms with Gasteiger partial charge in [0.15, 0.2) is 0 Å². The summed E-state index contributed by atoms with van der Waals surface area (Å²) in [6.45, 7) is 3.77. The van der Waals surface area contributed by atoms with Gasteiger partial charge in [0.05, 0.1) is 0 Å². The van der Waals surface area contributed by atoms with Gasteiger partial charge in [-0.05, 0) is 32.4 Å². The number of nitrogens with two attached hydrogens (primary N) is 1. The van der Waals surface area contributed by atoms with Crippen LogP contribution in [-0.4, -0.2) is 24.0 Å². The van der Waals surface area contributed by atoms with Gasteiger partial charge in [-0.1, -0.05) is 24.6 Å². The third-order valence-corrected chi connectivity index (χ3v) is 3.80. The van der Waals surface area contributed by atoms with E-state index in [-0.39, 0.29) is 11.9 Å². The van der Waals surface area contributed by atoms with E-state index in [9.17, 15) is 4.39 Å². The minimum absolute atomic E-state index is 0.110. The van der Waals surface area contributed by atoms with Crippen LogP contribution in [0.2, 0.25) is 0 Å². The molecule has 2 atom stereocenters. The number of rotatable bonds is 3. The van der Waals surface area contributed by atoms with Crippen molar-refractivity contribution in [3.05, 3.63) is 35.6 Å². The first-order valence-corrected chi connectivity index (χ1v) is 6.44. The van der Waals surface area contributed by atoms with Crippen molar-refractivity contribution in [3.63, 3.8) is 0 Å². The fourth-order valence-corrected chi connectivity index (χ4v) is 2.78. The summed E-state index contributed by atoms with van der Waals surface area (Å²) in [7, 11) is 0. The smallest absolute Gasteiger partial charge is 0.127 e. The maximum Gasteiger partial charge on any atom is 0.127 e. The monoisotopic (exact) mass is 236 g/mol. The summed E-state index contributed by atoms with van der Waals surface area (Å²) >= 11 is 0. The molecular formula is C14H21FN2. The SMILES string of the molecule is CC(c1ccccc1F)N1CCCCC1CN. The van der Waals surface area contributed by atoms with E-state index >= 15 is 0 Å². The molecule has 3 heteroatoms. The molecule has 2 N–H and O–H groups in total. The van der Waals surface area contributed by atoms with Crippen molar-refractivity contribution < 1.29 is 4.39 Å². The number of halogens is 1. The molecule has 94 valence electrons. The van der Waals surface area contributed by atoms with Gasteiger partial charge in [-0.3, -0.25) is 4.90 Å². The van der Waals surface area contributed by atoms with Crippen molar-refractivity contribution in [2.24, 2.45) is 5.73 Å². The first kappa shape index (κ1) is 12.5. The summed E-state index contributed by atoms with van der Waals surface area (Å²) < 4.78 is 13.8. The maximum atomic E-state index is 13.8. The molecular weight excluding hydrogens is 215 g/mol. The number of likely N-dealkylation sites (tertiary alicyclic amines) is 1. The number of benzene rings is 1. The van der Waals surface area contributed by atoms with Crippen LogP contribution in [-0.2, 0) is 0 Å². The number of piperidine rings is 1. The van der Waals surface area contributed by atoms with E-state index in [2.05, 4.69) is 11.8 Å². The molecule has 0 saturated carbocycles.